The molecule has 0 bridgehead atoms. The van der Waals surface area contributed by atoms with Gasteiger partial charge in [0.2, 0.25) is 0 Å². The number of likely N-dealkylation sites (N-methyl/N-ethyl adjacent to an activating group) is 1. The van der Waals surface area contributed by atoms with Crippen molar-refractivity contribution in [3.8, 4) is 0 Å². The van der Waals surface area contributed by atoms with E-state index >= 15 is 0 Å². The number of allylic oxidation sites excluding steroid dienone is 2. The highest BCUT2D eigenvalue weighted by molar-refractivity contribution is 8.76. The molecule has 0 radical (unpaired) electrons. The minimum Gasteiger partial charge on any atom is -0.463 e. The van der Waals surface area contributed by atoms with Gasteiger partial charge in [0.1, 0.15) is 13.2 Å². The van der Waals surface area contributed by atoms with Gasteiger partial charge in [-0.25, -0.2) is 19.2 Å². The third-order valence-corrected chi connectivity index (χ3v) is 11.9. The fraction of sp³-hybridized carbons (Fsp3) is 0.814. The van der Waals surface area contributed by atoms with Gasteiger partial charge in [0.25, 0.3) is 0 Å². The lowest BCUT2D eigenvalue weighted by molar-refractivity contribution is -0.138. The molecule has 0 aromatic rings. The maximum atomic E-state index is 13.0. The van der Waals surface area contributed by atoms with Gasteiger partial charge in [0.15, 0.2) is 0 Å². The number of piperazine rings is 1. The van der Waals surface area contributed by atoms with Crippen LogP contribution in [0.15, 0.2) is 24.3 Å². The van der Waals surface area contributed by atoms with Gasteiger partial charge in [-0.1, -0.05) is 99.0 Å². The third kappa shape index (κ3) is 34.2. The largest absolute Gasteiger partial charge is 0.463 e. The van der Waals surface area contributed by atoms with Crippen molar-refractivity contribution in [1.29, 1.82) is 0 Å². The normalized spacial score (nSPS) is 13.6. The molecular weight excluding hydrogens is 765 g/mol. The van der Waals surface area contributed by atoms with Crippen LogP contribution in [0.1, 0.15) is 129 Å². The third-order valence-electron chi connectivity index (χ3n) is 9.52. The van der Waals surface area contributed by atoms with Gasteiger partial charge in [-0.05, 0) is 71.3 Å². The van der Waals surface area contributed by atoms with E-state index in [-0.39, 0.29) is 24.1 Å². The Labute approximate surface area is 353 Å². The van der Waals surface area contributed by atoms with Crippen molar-refractivity contribution >= 4 is 45.7 Å². The molecule has 1 N–H and O–H groups in total. The first-order chi connectivity index (χ1) is 27.8. The summed E-state index contributed by atoms with van der Waals surface area (Å²) >= 11 is 0. The summed E-state index contributed by atoms with van der Waals surface area (Å²) in [6.45, 7) is 12.6. The number of amides is 2. The number of nitrogens with zero attached hydrogens (tertiary/aromatic N) is 3. The van der Waals surface area contributed by atoms with Crippen LogP contribution in [0.2, 0.25) is 0 Å². The Bertz CT molecular complexity index is 1030. The summed E-state index contributed by atoms with van der Waals surface area (Å²) in [5.41, 5.74) is 0. The first-order valence-corrected chi connectivity index (χ1v) is 24.5. The minimum atomic E-state index is -0.386. The summed E-state index contributed by atoms with van der Waals surface area (Å²) in [7, 11) is 5.31. The lowest BCUT2D eigenvalue weighted by Gasteiger charge is -2.32. The highest BCUT2D eigenvalue weighted by Crippen LogP contribution is 2.20. The van der Waals surface area contributed by atoms with Crippen LogP contribution in [0, 0.1) is 0 Å². The minimum absolute atomic E-state index is 0.276. The van der Waals surface area contributed by atoms with Crippen LogP contribution in [0.5, 0.6) is 0 Å². The number of carbonyl (C=O) groups excluding carboxylic acids is 4. The summed E-state index contributed by atoms with van der Waals surface area (Å²) in [4.78, 5) is 55.4. The molecule has 0 saturated carbocycles. The summed E-state index contributed by atoms with van der Waals surface area (Å²) in [6.07, 6.45) is 24.4. The maximum Gasteiger partial charge on any atom is 0.409 e. The van der Waals surface area contributed by atoms with Crippen molar-refractivity contribution in [1.82, 2.24) is 20.0 Å². The topological polar surface area (TPSA) is 127 Å². The van der Waals surface area contributed by atoms with Crippen LogP contribution >= 0.6 is 21.6 Å². The molecule has 1 saturated heterocycles. The molecule has 1 rings (SSSR count). The van der Waals surface area contributed by atoms with E-state index in [4.69, 9.17) is 18.9 Å². The Morgan fingerprint density at radius 1 is 0.596 bits per heavy atom. The van der Waals surface area contributed by atoms with Gasteiger partial charge in [0, 0.05) is 76.0 Å². The van der Waals surface area contributed by atoms with Crippen LogP contribution in [0.3, 0.4) is 0 Å². The molecule has 1 aliphatic heterocycles. The molecule has 0 aromatic carbocycles. The molecule has 1 fully saturated rings. The molecule has 1 aliphatic rings. The van der Waals surface area contributed by atoms with Crippen molar-refractivity contribution in [2.45, 2.75) is 129 Å². The van der Waals surface area contributed by atoms with Crippen molar-refractivity contribution < 1.29 is 38.1 Å². The highest BCUT2D eigenvalue weighted by Gasteiger charge is 2.15. The van der Waals surface area contributed by atoms with Gasteiger partial charge >= 0.3 is 24.1 Å². The van der Waals surface area contributed by atoms with Gasteiger partial charge in [0.05, 0.1) is 13.2 Å². The van der Waals surface area contributed by atoms with E-state index in [1.807, 2.05) is 12.2 Å². The molecule has 57 heavy (non-hydrogen) atoms. The Kier molecular flexibility index (Phi) is 36.0. The zero-order valence-corrected chi connectivity index (χ0v) is 37.5. The zero-order chi connectivity index (χ0) is 41.4. The Hall–Kier alpha value is -2.42. The summed E-state index contributed by atoms with van der Waals surface area (Å²) in [6, 6.07) is 0. The first-order valence-electron chi connectivity index (χ1n) is 22.0. The maximum absolute atomic E-state index is 13.0. The van der Waals surface area contributed by atoms with E-state index in [2.05, 4.69) is 36.0 Å². The zero-order valence-electron chi connectivity index (χ0n) is 35.9. The van der Waals surface area contributed by atoms with Crippen molar-refractivity contribution in [3.63, 3.8) is 0 Å². The lowest BCUT2D eigenvalue weighted by Crippen LogP contribution is -2.47. The molecule has 14 heteroatoms. The number of rotatable bonds is 36. The SMILES string of the molecule is CCCCCC/C=C\C(=O)OCCCCCCN(CCCCCCOC(=O)/C=C\CCCCCC)C(=O)OCCSSCCOC(=O)NCCN1CCN(C)CC1. The Balaban J connectivity index is 2.27. The molecule has 0 unspecified atom stereocenters. The number of alkyl carbamates (subject to hydrolysis) is 1. The van der Waals surface area contributed by atoms with Crippen molar-refractivity contribution in [2.75, 3.05) is 97.3 Å². The number of unbranched alkanes of at least 4 members (excludes halogenated alkanes) is 14. The fourth-order valence-electron chi connectivity index (χ4n) is 5.97. The molecule has 0 spiro atoms. The molecule has 12 nitrogen and oxygen atoms in total. The predicted octanol–water partition coefficient (Wildman–Crippen LogP) is 9.04. The van der Waals surface area contributed by atoms with Crippen LogP contribution in [-0.4, -0.2) is 136 Å². The van der Waals surface area contributed by atoms with Crippen LogP contribution in [0.25, 0.3) is 0 Å². The first kappa shape index (κ1) is 52.6. The summed E-state index contributed by atoms with van der Waals surface area (Å²) < 4.78 is 21.6. The van der Waals surface area contributed by atoms with Gasteiger partial charge in [-0.15, -0.1) is 0 Å². The Morgan fingerprint density at radius 3 is 1.61 bits per heavy atom. The van der Waals surface area contributed by atoms with E-state index in [0.717, 1.165) is 110 Å². The van der Waals surface area contributed by atoms with E-state index in [9.17, 15) is 19.2 Å². The second-order valence-corrected chi connectivity index (χ2v) is 17.3. The lowest BCUT2D eigenvalue weighted by atomic mass is 10.1. The Morgan fingerprint density at radius 2 is 1.09 bits per heavy atom. The molecule has 2 amide bonds. The fourth-order valence-corrected chi connectivity index (χ4v) is 7.62. The van der Waals surface area contributed by atoms with Crippen LogP contribution in [0.4, 0.5) is 9.59 Å². The van der Waals surface area contributed by atoms with Gasteiger partial charge in [-0.2, -0.15) is 0 Å². The molecule has 1 heterocycles. The number of nitrogens with one attached hydrogen (secondary N) is 1. The number of ether oxygens (including phenoxy) is 4. The second kappa shape index (κ2) is 39.1. The van der Waals surface area contributed by atoms with E-state index in [1.165, 1.54) is 38.5 Å². The number of carbonyl (C=O) groups is 4. The number of hydrogen-bond acceptors (Lipinski definition) is 12. The van der Waals surface area contributed by atoms with E-state index in [0.29, 0.717) is 57.6 Å². The van der Waals surface area contributed by atoms with Gasteiger partial charge < -0.3 is 34.1 Å². The number of hydrogen-bond donors (Lipinski definition) is 1. The van der Waals surface area contributed by atoms with E-state index in [1.54, 1.807) is 38.6 Å². The smallest absolute Gasteiger partial charge is 0.409 e. The molecule has 330 valence electrons. The average molecular weight is 843 g/mol. The number of esters is 2. The summed E-state index contributed by atoms with van der Waals surface area (Å²) in [5.74, 6) is 0.742. The summed E-state index contributed by atoms with van der Waals surface area (Å²) in [5, 5.41) is 2.83. The van der Waals surface area contributed by atoms with E-state index < -0.39 is 0 Å². The van der Waals surface area contributed by atoms with Crippen molar-refractivity contribution in [3.05, 3.63) is 24.3 Å². The standard InChI is InChI=1S/C43H78N4O8S2/c1-4-6-8-10-12-18-24-40(48)52-34-22-16-14-20-27-47(28-21-15-17-23-35-53-41(49)25-19-13-11-9-7-5-2)43(51)55-37-39-57-56-38-36-54-42(50)44-26-29-46-32-30-45(3)31-33-46/h18-19,24-25H,4-17,20-23,26-39H2,1-3H3,(H,44,50)/b24-18-,25-19-. The molecule has 0 aliphatic carbocycles. The highest BCUT2D eigenvalue weighted by atomic mass is 33.1. The van der Waals surface area contributed by atoms with Crippen LogP contribution < -0.4 is 5.32 Å². The molecular formula is C43H78N4O8S2. The second-order valence-electron chi connectivity index (χ2n) is 14.6. The van der Waals surface area contributed by atoms with Gasteiger partial charge in [-0.3, -0.25) is 4.90 Å². The monoisotopic (exact) mass is 843 g/mol. The molecule has 0 aromatic heterocycles. The predicted molar refractivity (Wildman–Crippen MR) is 236 cm³/mol. The average Bonchev–Trinajstić information content (AvgIpc) is 3.20. The van der Waals surface area contributed by atoms with Crippen LogP contribution in [-0.2, 0) is 28.5 Å². The van der Waals surface area contributed by atoms with Crippen molar-refractivity contribution in [2.24, 2.45) is 0 Å². The molecule has 0 atom stereocenters. The quantitative estimate of drug-likeness (QED) is 0.0213.